The van der Waals surface area contributed by atoms with Gasteiger partial charge < -0.3 is 20.1 Å². The van der Waals surface area contributed by atoms with Gasteiger partial charge in [-0.25, -0.2) is 4.57 Å². The van der Waals surface area contributed by atoms with Gasteiger partial charge in [-0.1, -0.05) is 174 Å². The number of carbonyl (C=O) groups is 2. The van der Waals surface area contributed by atoms with E-state index in [4.69, 9.17) is 24.3 Å². The van der Waals surface area contributed by atoms with Crippen LogP contribution >= 0.6 is 7.82 Å². The third-order valence-electron chi connectivity index (χ3n) is 8.86. The number of nitrogens with two attached hydrogens (primary N) is 1. The Morgan fingerprint density at radius 2 is 0.902 bits per heavy atom. The predicted octanol–water partition coefficient (Wildman–Crippen LogP) is 13.7. The van der Waals surface area contributed by atoms with Crippen LogP contribution in [0.2, 0.25) is 0 Å². The monoisotopic (exact) mass is 868 g/mol. The lowest BCUT2D eigenvalue weighted by molar-refractivity contribution is -0.161. The van der Waals surface area contributed by atoms with Gasteiger partial charge >= 0.3 is 19.8 Å². The van der Waals surface area contributed by atoms with Crippen LogP contribution in [0.1, 0.15) is 155 Å². The molecule has 0 fully saturated rings. The maximum absolute atomic E-state index is 12.5. The second-order valence-corrected chi connectivity index (χ2v) is 16.0. The molecule has 0 saturated carbocycles. The minimum atomic E-state index is -4.38. The summed E-state index contributed by atoms with van der Waals surface area (Å²) in [7, 11) is -4.38. The summed E-state index contributed by atoms with van der Waals surface area (Å²) < 4.78 is 32.5. The molecule has 344 valence electrons. The van der Waals surface area contributed by atoms with Crippen LogP contribution in [0.5, 0.6) is 0 Å². The highest BCUT2D eigenvalue weighted by Gasteiger charge is 2.26. The van der Waals surface area contributed by atoms with Crippen molar-refractivity contribution in [2.75, 3.05) is 26.4 Å². The van der Waals surface area contributed by atoms with Crippen molar-refractivity contribution in [1.29, 1.82) is 0 Å². The highest BCUT2D eigenvalue weighted by molar-refractivity contribution is 7.47. The molecule has 0 aromatic rings. The maximum Gasteiger partial charge on any atom is 0.472 e. The number of ether oxygens (including phenoxy) is 2. The van der Waals surface area contributed by atoms with Crippen molar-refractivity contribution < 1.29 is 37.6 Å². The molecule has 0 spiro atoms. The molecule has 0 bridgehead atoms. The summed E-state index contributed by atoms with van der Waals surface area (Å²) >= 11 is 0. The average molecular weight is 868 g/mol. The predicted molar refractivity (Wildman–Crippen MR) is 256 cm³/mol. The first kappa shape index (κ1) is 57.4. The van der Waals surface area contributed by atoms with Crippen LogP contribution in [0.4, 0.5) is 0 Å². The van der Waals surface area contributed by atoms with E-state index in [1.165, 1.54) is 0 Å². The number of phosphoric acid groups is 1. The van der Waals surface area contributed by atoms with Gasteiger partial charge in [0.15, 0.2) is 6.10 Å². The van der Waals surface area contributed by atoms with E-state index in [1.54, 1.807) is 0 Å². The third-order valence-corrected chi connectivity index (χ3v) is 9.85. The molecule has 0 amide bonds. The van der Waals surface area contributed by atoms with Crippen molar-refractivity contribution in [2.24, 2.45) is 5.73 Å². The Morgan fingerprint density at radius 1 is 0.508 bits per heavy atom. The zero-order chi connectivity index (χ0) is 44.6. The molecule has 2 unspecified atom stereocenters. The maximum atomic E-state index is 12.5. The Kier molecular flexibility index (Phi) is 43.2. The fourth-order valence-electron chi connectivity index (χ4n) is 5.48. The first-order chi connectivity index (χ1) is 29.8. The molecule has 0 aliphatic rings. The molecule has 0 aliphatic carbocycles. The van der Waals surface area contributed by atoms with Gasteiger partial charge in [0.1, 0.15) is 6.61 Å². The van der Waals surface area contributed by atoms with Crippen LogP contribution in [0.25, 0.3) is 0 Å². The van der Waals surface area contributed by atoms with Crippen LogP contribution in [0.3, 0.4) is 0 Å². The molecule has 0 aliphatic heterocycles. The van der Waals surface area contributed by atoms with Crippen LogP contribution in [0, 0.1) is 0 Å². The fraction of sp³-hybridized carbons (Fsp3) is 0.569. The zero-order valence-electron chi connectivity index (χ0n) is 37.8. The van der Waals surface area contributed by atoms with Gasteiger partial charge in [-0.15, -0.1) is 0 Å². The number of phosphoric ester groups is 1. The molecule has 3 N–H and O–H groups in total. The van der Waals surface area contributed by atoms with Crippen molar-refractivity contribution in [3.63, 3.8) is 0 Å². The van der Waals surface area contributed by atoms with Crippen molar-refractivity contribution >= 4 is 19.8 Å². The molecule has 0 aromatic carbocycles. The quantitative estimate of drug-likeness (QED) is 0.0266. The highest BCUT2D eigenvalue weighted by Crippen LogP contribution is 2.43. The van der Waals surface area contributed by atoms with Gasteiger partial charge in [-0.05, 0) is 89.9 Å². The largest absolute Gasteiger partial charge is 0.472 e. The average Bonchev–Trinajstić information content (AvgIpc) is 3.25. The van der Waals surface area contributed by atoms with E-state index >= 15 is 0 Å². The molecule has 2 atom stereocenters. The second kappa shape index (κ2) is 45.9. The van der Waals surface area contributed by atoms with Gasteiger partial charge in [0.25, 0.3) is 0 Å². The second-order valence-electron chi connectivity index (χ2n) is 14.5. The lowest BCUT2D eigenvalue weighted by Gasteiger charge is -2.19. The fourth-order valence-corrected chi connectivity index (χ4v) is 6.25. The van der Waals surface area contributed by atoms with E-state index in [9.17, 15) is 19.0 Å². The van der Waals surface area contributed by atoms with E-state index in [1.807, 2.05) is 0 Å². The molecule has 10 heteroatoms. The summed E-state index contributed by atoms with van der Waals surface area (Å²) in [5, 5.41) is 0. The number of carbonyl (C=O) groups excluding carboxylic acids is 2. The highest BCUT2D eigenvalue weighted by atomic mass is 31.2. The molecule has 61 heavy (non-hydrogen) atoms. The van der Waals surface area contributed by atoms with Gasteiger partial charge in [0.05, 0.1) is 13.2 Å². The van der Waals surface area contributed by atoms with E-state index in [-0.39, 0.29) is 32.6 Å². The number of esters is 2. The van der Waals surface area contributed by atoms with E-state index in [0.29, 0.717) is 6.42 Å². The molecular weight excluding hydrogens is 786 g/mol. The van der Waals surface area contributed by atoms with Gasteiger partial charge in [-0.3, -0.25) is 18.6 Å². The molecule has 0 radical (unpaired) electrons. The SMILES string of the molecule is CC/C=C\C/C=C\C/C=C\C/C=C\C/C=C\C/C=C\C/C=C\C/C=C\C/C=C\C/C=C\CCCCCCC(=O)OC(COC(=O)CCCCCCC)COP(=O)(O)OCCN. The van der Waals surface area contributed by atoms with Gasteiger partial charge in [0.2, 0.25) is 0 Å². The van der Waals surface area contributed by atoms with Gasteiger partial charge in [0, 0.05) is 19.4 Å². The number of allylic oxidation sites excluding steroid dienone is 20. The Morgan fingerprint density at radius 3 is 1.33 bits per heavy atom. The van der Waals surface area contributed by atoms with Crippen LogP contribution < -0.4 is 5.73 Å². The molecule has 0 saturated heterocycles. The Hall–Kier alpha value is -3.59. The standard InChI is InChI=1S/C51H82NO8P/c1-3-5-7-9-10-11-12-13-14-15-16-17-18-19-20-21-22-23-24-25-26-27-28-29-30-31-32-33-34-35-36-37-38-40-42-44-51(54)60-49(48-59-61(55,56)58-46-45-52)47-57-50(53)43-41-39-8-6-4-2/h5,7,10-11,13-14,16-17,19-20,22-23,25-26,28-29,31-32,34-35,49H,3-4,6,8-9,12,15,18,21,24,27,30,33,36-48,52H2,1-2H3,(H,55,56)/b7-5-,11-10-,14-13-,17-16-,20-19-,23-22-,26-25-,29-28-,32-31-,35-34-. The van der Waals surface area contributed by atoms with E-state index in [2.05, 4.69) is 135 Å². The van der Waals surface area contributed by atoms with Crippen molar-refractivity contribution in [2.45, 2.75) is 161 Å². The van der Waals surface area contributed by atoms with Crippen LogP contribution in [-0.4, -0.2) is 49.3 Å². The number of unbranched alkanes of at least 4 members (excludes halogenated alkanes) is 8. The summed E-state index contributed by atoms with van der Waals surface area (Å²) in [6.45, 7) is 3.45. The number of hydrogen-bond acceptors (Lipinski definition) is 8. The zero-order valence-corrected chi connectivity index (χ0v) is 38.7. The lowest BCUT2D eigenvalue weighted by atomic mass is 10.1. The first-order valence-electron chi connectivity index (χ1n) is 23.0. The minimum Gasteiger partial charge on any atom is -0.462 e. The molecule has 0 heterocycles. The summed E-state index contributed by atoms with van der Waals surface area (Å²) in [4.78, 5) is 34.5. The summed E-state index contributed by atoms with van der Waals surface area (Å²) in [5.74, 6) is -0.885. The smallest absolute Gasteiger partial charge is 0.462 e. The van der Waals surface area contributed by atoms with Crippen LogP contribution in [0.15, 0.2) is 122 Å². The van der Waals surface area contributed by atoms with Crippen LogP contribution in [-0.2, 0) is 32.7 Å². The number of rotatable bonds is 41. The van der Waals surface area contributed by atoms with E-state index in [0.717, 1.165) is 122 Å². The van der Waals surface area contributed by atoms with Crippen molar-refractivity contribution in [3.05, 3.63) is 122 Å². The molecule has 0 aromatic heterocycles. The molecule has 9 nitrogen and oxygen atoms in total. The minimum absolute atomic E-state index is 0.0427. The van der Waals surface area contributed by atoms with Crippen molar-refractivity contribution in [3.8, 4) is 0 Å². The Balaban J connectivity index is 4.02. The van der Waals surface area contributed by atoms with E-state index < -0.39 is 32.5 Å². The van der Waals surface area contributed by atoms with Crippen molar-refractivity contribution in [1.82, 2.24) is 0 Å². The Bertz CT molecular complexity index is 1400. The Labute approximate surface area is 371 Å². The summed E-state index contributed by atoms with van der Waals surface area (Å²) in [5.41, 5.74) is 5.32. The number of hydrogen-bond donors (Lipinski definition) is 2. The molecular formula is C51H82NO8P. The molecule has 0 rings (SSSR count). The first-order valence-corrected chi connectivity index (χ1v) is 24.5. The topological polar surface area (TPSA) is 134 Å². The normalized spacial score (nSPS) is 14.4. The summed E-state index contributed by atoms with van der Waals surface area (Å²) in [6.07, 6.45) is 63.0. The lowest BCUT2D eigenvalue weighted by Crippen LogP contribution is -2.29. The third kappa shape index (κ3) is 45.8. The summed E-state index contributed by atoms with van der Waals surface area (Å²) in [6, 6.07) is 0. The van der Waals surface area contributed by atoms with Gasteiger partial charge in [-0.2, -0.15) is 0 Å².